The van der Waals surface area contributed by atoms with E-state index in [4.69, 9.17) is 10.6 Å². The number of aromatic nitrogens is 4. The molecular formula is C11H17N5OS2. The summed E-state index contributed by atoms with van der Waals surface area (Å²) in [6.45, 7) is 6.51. The van der Waals surface area contributed by atoms with Gasteiger partial charge in [-0.15, -0.1) is 21.5 Å². The number of hydrogen-bond acceptors (Lipinski definition) is 7. The van der Waals surface area contributed by atoms with Gasteiger partial charge in [0, 0.05) is 17.7 Å². The Morgan fingerprint density at radius 2 is 2.32 bits per heavy atom. The second-order valence-electron chi connectivity index (χ2n) is 3.96. The lowest BCUT2D eigenvalue weighted by molar-refractivity contribution is 0.0761. The van der Waals surface area contributed by atoms with Crippen LogP contribution in [-0.4, -0.2) is 26.5 Å². The molecule has 6 nitrogen and oxygen atoms in total. The molecule has 1 atom stereocenters. The molecule has 0 aliphatic carbocycles. The molecule has 0 amide bonds. The van der Waals surface area contributed by atoms with Gasteiger partial charge in [-0.1, -0.05) is 11.8 Å². The van der Waals surface area contributed by atoms with E-state index >= 15 is 0 Å². The second-order valence-corrected chi connectivity index (χ2v) is 5.80. The molecule has 0 fully saturated rings. The van der Waals surface area contributed by atoms with Crippen molar-refractivity contribution >= 4 is 23.1 Å². The number of nitrogens with two attached hydrogens (primary N) is 1. The summed E-state index contributed by atoms with van der Waals surface area (Å²) < 4.78 is 7.01. The minimum Gasteiger partial charge on any atom is -0.372 e. The molecule has 2 rings (SSSR count). The summed E-state index contributed by atoms with van der Waals surface area (Å²) in [7, 11) is 0. The van der Waals surface area contributed by atoms with E-state index in [0.717, 1.165) is 16.5 Å². The summed E-state index contributed by atoms with van der Waals surface area (Å²) in [5.74, 6) is 7.22. The van der Waals surface area contributed by atoms with E-state index in [1.54, 1.807) is 11.3 Å². The third-order valence-electron chi connectivity index (χ3n) is 2.52. The van der Waals surface area contributed by atoms with E-state index in [-0.39, 0.29) is 6.10 Å². The first kappa shape index (κ1) is 14.3. The number of rotatable bonds is 6. The van der Waals surface area contributed by atoms with Crippen LogP contribution < -0.4 is 5.84 Å². The van der Waals surface area contributed by atoms with Crippen molar-refractivity contribution < 1.29 is 4.74 Å². The van der Waals surface area contributed by atoms with E-state index in [9.17, 15) is 0 Å². The summed E-state index contributed by atoms with van der Waals surface area (Å²) >= 11 is 3.15. The fraction of sp³-hybridized carbons (Fsp3) is 0.545. The number of aryl methyl sites for hydroxylation is 1. The van der Waals surface area contributed by atoms with Crippen LogP contribution >= 0.6 is 23.1 Å². The molecule has 2 aromatic rings. The lowest BCUT2D eigenvalue weighted by Gasteiger charge is -2.06. The molecule has 2 aromatic heterocycles. The number of thioether (sulfide) groups is 1. The highest BCUT2D eigenvalue weighted by Gasteiger charge is 2.12. The van der Waals surface area contributed by atoms with Crippen molar-refractivity contribution in [2.45, 2.75) is 37.8 Å². The molecule has 0 aliphatic heterocycles. The Morgan fingerprint density at radius 1 is 1.53 bits per heavy atom. The number of ether oxygens (including phenoxy) is 1. The predicted octanol–water partition coefficient (Wildman–Crippen LogP) is 2.15. The zero-order valence-corrected chi connectivity index (χ0v) is 12.8. The van der Waals surface area contributed by atoms with Crippen molar-refractivity contribution in [1.82, 2.24) is 19.9 Å². The van der Waals surface area contributed by atoms with Crippen molar-refractivity contribution in [2.24, 2.45) is 0 Å². The van der Waals surface area contributed by atoms with Crippen LogP contribution in [0.15, 0.2) is 10.5 Å². The molecule has 19 heavy (non-hydrogen) atoms. The zero-order valence-electron chi connectivity index (χ0n) is 11.2. The first-order chi connectivity index (χ1) is 9.11. The summed E-state index contributed by atoms with van der Waals surface area (Å²) in [5, 5.41) is 11.7. The summed E-state index contributed by atoms with van der Waals surface area (Å²) in [5.41, 5.74) is 1.01. The molecule has 2 heterocycles. The fourth-order valence-corrected chi connectivity index (χ4v) is 3.21. The van der Waals surface area contributed by atoms with Crippen LogP contribution in [0.3, 0.4) is 0 Å². The van der Waals surface area contributed by atoms with Gasteiger partial charge in [-0.05, 0) is 20.8 Å². The Bertz CT molecular complexity index is 539. The average molecular weight is 299 g/mol. The van der Waals surface area contributed by atoms with Crippen molar-refractivity contribution in [3.8, 4) is 0 Å². The van der Waals surface area contributed by atoms with Crippen LogP contribution in [0.2, 0.25) is 0 Å². The number of thiazole rings is 1. The Balaban J connectivity index is 1.95. The maximum absolute atomic E-state index is 5.79. The molecule has 0 saturated heterocycles. The van der Waals surface area contributed by atoms with Crippen LogP contribution in [0.25, 0.3) is 0 Å². The normalized spacial score (nSPS) is 12.8. The Morgan fingerprint density at radius 3 is 2.95 bits per heavy atom. The first-order valence-electron chi connectivity index (χ1n) is 5.97. The van der Waals surface area contributed by atoms with Gasteiger partial charge < -0.3 is 10.6 Å². The molecule has 0 aliphatic rings. The van der Waals surface area contributed by atoms with E-state index in [2.05, 4.69) is 15.2 Å². The SMILES string of the molecule is CCO[C@H](C)c1nc(CSc2nnc(C)n2N)cs1. The maximum Gasteiger partial charge on any atom is 0.210 e. The standard InChI is InChI=1S/C11H17N5OS2/c1-4-17-7(2)10-13-9(5-18-10)6-19-11-15-14-8(3)16(11)12/h5,7H,4,6,12H2,1-3H3/t7-/m1/s1. The Kier molecular flexibility index (Phi) is 4.78. The minimum atomic E-state index is 0.0501. The highest BCUT2D eigenvalue weighted by atomic mass is 32.2. The molecule has 0 aromatic carbocycles. The average Bonchev–Trinajstić information content (AvgIpc) is 2.97. The van der Waals surface area contributed by atoms with E-state index in [1.165, 1.54) is 16.4 Å². The van der Waals surface area contributed by atoms with Gasteiger partial charge in [0.2, 0.25) is 5.16 Å². The number of nitrogens with zero attached hydrogens (tertiary/aromatic N) is 4. The zero-order chi connectivity index (χ0) is 13.8. The van der Waals surface area contributed by atoms with Gasteiger partial charge in [0.1, 0.15) is 16.9 Å². The summed E-state index contributed by atoms with van der Waals surface area (Å²) in [6, 6.07) is 0. The van der Waals surface area contributed by atoms with Crippen LogP contribution in [0.5, 0.6) is 0 Å². The predicted molar refractivity (Wildman–Crippen MR) is 76.6 cm³/mol. The Hall–Kier alpha value is -1.12. The van der Waals surface area contributed by atoms with E-state index in [0.29, 0.717) is 17.6 Å². The fourth-order valence-electron chi connectivity index (χ4n) is 1.48. The maximum atomic E-state index is 5.79. The summed E-state index contributed by atoms with van der Waals surface area (Å²) in [6.07, 6.45) is 0.0501. The molecule has 104 valence electrons. The second kappa shape index (κ2) is 6.36. The largest absolute Gasteiger partial charge is 0.372 e. The van der Waals surface area contributed by atoms with Crippen LogP contribution in [0.4, 0.5) is 0 Å². The quantitative estimate of drug-likeness (QED) is 0.650. The molecule has 0 bridgehead atoms. The van der Waals surface area contributed by atoms with Crippen LogP contribution in [-0.2, 0) is 10.5 Å². The van der Waals surface area contributed by atoms with Gasteiger partial charge >= 0.3 is 0 Å². The Labute approximate surface area is 120 Å². The van der Waals surface area contributed by atoms with Gasteiger partial charge in [0.25, 0.3) is 0 Å². The molecule has 0 spiro atoms. The highest BCUT2D eigenvalue weighted by Crippen LogP contribution is 2.25. The van der Waals surface area contributed by atoms with Gasteiger partial charge in [-0.25, -0.2) is 9.66 Å². The van der Waals surface area contributed by atoms with Gasteiger partial charge in [0.15, 0.2) is 0 Å². The van der Waals surface area contributed by atoms with Gasteiger partial charge in [-0.3, -0.25) is 0 Å². The molecule has 0 unspecified atom stereocenters. The third-order valence-corrected chi connectivity index (χ3v) is 4.55. The van der Waals surface area contributed by atoms with Crippen LogP contribution in [0, 0.1) is 6.92 Å². The molecule has 2 N–H and O–H groups in total. The first-order valence-corrected chi connectivity index (χ1v) is 7.84. The molecule has 0 radical (unpaired) electrons. The van der Waals surface area contributed by atoms with E-state index < -0.39 is 0 Å². The number of nitrogen functional groups attached to an aromatic ring is 1. The molecule has 8 heteroatoms. The number of hydrogen-bond donors (Lipinski definition) is 1. The van der Waals surface area contributed by atoms with Crippen molar-refractivity contribution in [3.63, 3.8) is 0 Å². The van der Waals surface area contributed by atoms with Gasteiger partial charge in [0.05, 0.1) is 5.69 Å². The topological polar surface area (TPSA) is 78.9 Å². The highest BCUT2D eigenvalue weighted by molar-refractivity contribution is 7.98. The molecule has 0 saturated carbocycles. The molecular weight excluding hydrogens is 282 g/mol. The monoisotopic (exact) mass is 299 g/mol. The van der Waals surface area contributed by atoms with Gasteiger partial charge in [-0.2, -0.15) is 0 Å². The van der Waals surface area contributed by atoms with Crippen molar-refractivity contribution in [1.29, 1.82) is 0 Å². The summed E-state index contributed by atoms with van der Waals surface area (Å²) in [4.78, 5) is 4.55. The lowest BCUT2D eigenvalue weighted by Crippen LogP contribution is -2.11. The van der Waals surface area contributed by atoms with Crippen LogP contribution in [0.1, 0.15) is 36.5 Å². The third kappa shape index (κ3) is 3.46. The smallest absolute Gasteiger partial charge is 0.210 e. The van der Waals surface area contributed by atoms with E-state index in [1.807, 2.05) is 26.2 Å². The minimum absolute atomic E-state index is 0.0501. The lowest BCUT2D eigenvalue weighted by atomic mass is 10.4. The van der Waals surface area contributed by atoms with Crippen molar-refractivity contribution in [3.05, 3.63) is 21.9 Å². The van der Waals surface area contributed by atoms with Crippen molar-refractivity contribution in [2.75, 3.05) is 12.4 Å².